The number of carbonyl (C=O) groups excluding carboxylic acids is 1. The molecule has 0 atom stereocenters. The largest absolute Gasteiger partial charge is 0.349 e. The monoisotopic (exact) mass is 477 g/mol. The van der Waals surface area contributed by atoms with Crippen molar-refractivity contribution in [1.29, 1.82) is 0 Å². The summed E-state index contributed by atoms with van der Waals surface area (Å²) in [6.45, 7) is 1.67. The third kappa shape index (κ3) is 5.18. The highest BCUT2D eigenvalue weighted by molar-refractivity contribution is 7.90. The molecule has 1 N–H and O–H groups in total. The van der Waals surface area contributed by atoms with Gasteiger partial charge in [-0.05, 0) is 57.1 Å². The molecule has 2 heterocycles. The molecule has 8 nitrogen and oxygen atoms in total. The van der Waals surface area contributed by atoms with E-state index in [1.165, 1.54) is 24.7 Å². The topological polar surface area (TPSA) is 107 Å². The van der Waals surface area contributed by atoms with Gasteiger partial charge in [-0.2, -0.15) is 9.78 Å². The Morgan fingerprint density at radius 3 is 2.45 bits per heavy atom. The summed E-state index contributed by atoms with van der Waals surface area (Å²) < 4.78 is 51.9. The van der Waals surface area contributed by atoms with Gasteiger partial charge in [0.2, 0.25) is 0 Å². The molecule has 0 radical (unpaired) electrons. The molecule has 1 aliphatic rings. The molecule has 1 aromatic carbocycles. The maximum Gasteiger partial charge on any atom is 0.254 e. The van der Waals surface area contributed by atoms with Crippen LogP contribution in [-0.4, -0.2) is 52.1 Å². The van der Waals surface area contributed by atoms with Crippen molar-refractivity contribution in [2.24, 2.45) is 5.92 Å². The Hall–Kier alpha value is -2.95. The summed E-state index contributed by atoms with van der Waals surface area (Å²) in [4.78, 5) is 20.9. The third-order valence-electron chi connectivity index (χ3n) is 6.09. The number of amides is 1. The molecule has 1 saturated carbocycles. The summed E-state index contributed by atoms with van der Waals surface area (Å²) >= 11 is 0. The minimum absolute atomic E-state index is 0.00133. The molecule has 0 unspecified atom stereocenters. The highest BCUT2D eigenvalue weighted by Crippen LogP contribution is 2.28. The lowest BCUT2D eigenvalue weighted by Crippen LogP contribution is -2.38. The van der Waals surface area contributed by atoms with Crippen molar-refractivity contribution in [3.8, 4) is 5.95 Å². The fraction of sp³-hybridized carbons (Fsp3) is 0.455. The van der Waals surface area contributed by atoms with E-state index in [0.717, 1.165) is 36.4 Å². The minimum atomic E-state index is -2.96. The maximum absolute atomic E-state index is 14.4. The van der Waals surface area contributed by atoms with Gasteiger partial charge >= 0.3 is 0 Å². The molecule has 4 rings (SSSR count). The lowest BCUT2D eigenvalue weighted by molar-refractivity contribution is 0.0921. The Labute approximate surface area is 190 Å². The van der Waals surface area contributed by atoms with Gasteiger partial charge in [0.25, 0.3) is 11.9 Å². The fourth-order valence-electron chi connectivity index (χ4n) is 4.23. The molecular weight excluding hydrogens is 452 g/mol. The first kappa shape index (κ1) is 23.2. The number of carbonyl (C=O) groups is 1. The van der Waals surface area contributed by atoms with Gasteiger partial charge in [0, 0.05) is 30.1 Å². The quantitative estimate of drug-likeness (QED) is 0.585. The lowest BCUT2D eigenvalue weighted by Gasteiger charge is -2.29. The molecule has 33 heavy (non-hydrogen) atoms. The van der Waals surface area contributed by atoms with E-state index < -0.39 is 21.5 Å². The Kier molecular flexibility index (Phi) is 6.42. The number of sulfone groups is 1. The van der Waals surface area contributed by atoms with E-state index in [2.05, 4.69) is 20.4 Å². The van der Waals surface area contributed by atoms with Crippen LogP contribution in [0.5, 0.6) is 0 Å². The predicted octanol–water partition coefficient (Wildman–Crippen LogP) is 3.13. The summed E-state index contributed by atoms with van der Waals surface area (Å²) in [6, 6.07) is 2.50. The minimum Gasteiger partial charge on any atom is -0.349 e. The van der Waals surface area contributed by atoms with E-state index in [1.807, 2.05) is 0 Å². The molecule has 0 aliphatic heterocycles. The molecule has 0 spiro atoms. The van der Waals surface area contributed by atoms with Crippen LogP contribution in [0.2, 0.25) is 0 Å². The van der Waals surface area contributed by atoms with Crippen LogP contribution in [0.4, 0.5) is 8.78 Å². The first-order valence-electron chi connectivity index (χ1n) is 10.8. The Morgan fingerprint density at radius 1 is 1.15 bits per heavy atom. The number of nitrogens with one attached hydrogen (secondary N) is 1. The third-order valence-corrected chi connectivity index (χ3v) is 7.07. The maximum atomic E-state index is 14.4. The summed E-state index contributed by atoms with van der Waals surface area (Å²) in [6.07, 6.45) is 7.85. The Bertz CT molecular complexity index is 1280. The standard InChI is InChI=1S/C22H25F2N5O3S/c1-13-17-7-8-18(23)19(24)20(17)29(28-13)22-25-11-15(12-26-22)21(30)27-16-5-3-14(4-6-16)9-10-33(2,31)32/h7-8,11-12,14,16H,3-6,9-10H2,1-2H3,(H,27,30). The zero-order chi connectivity index (χ0) is 23.8. The van der Waals surface area contributed by atoms with Gasteiger partial charge in [-0.15, -0.1) is 0 Å². The molecule has 0 bridgehead atoms. The summed E-state index contributed by atoms with van der Waals surface area (Å²) in [7, 11) is -2.96. The van der Waals surface area contributed by atoms with Gasteiger partial charge in [-0.3, -0.25) is 4.79 Å². The molecule has 1 fully saturated rings. The number of aromatic nitrogens is 4. The highest BCUT2D eigenvalue weighted by atomic mass is 32.2. The molecule has 11 heteroatoms. The lowest BCUT2D eigenvalue weighted by atomic mass is 9.84. The van der Waals surface area contributed by atoms with Crippen molar-refractivity contribution in [2.75, 3.05) is 12.0 Å². The van der Waals surface area contributed by atoms with Crippen LogP contribution in [0.1, 0.15) is 48.2 Å². The average Bonchev–Trinajstić information content (AvgIpc) is 3.12. The van der Waals surface area contributed by atoms with Crippen LogP contribution in [-0.2, 0) is 9.84 Å². The van der Waals surface area contributed by atoms with Crippen LogP contribution < -0.4 is 5.32 Å². The van der Waals surface area contributed by atoms with Crippen LogP contribution in [0.3, 0.4) is 0 Å². The number of halogens is 2. The Morgan fingerprint density at radius 2 is 1.82 bits per heavy atom. The number of benzene rings is 1. The summed E-state index contributed by atoms with van der Waals surface area (Å²) in [5.74, 6) is -1.77. The molecule has 2 aromatic heterocycles. The molecule has 0 saturated heterocycles. The van der Waals surface area contributed by atoms with Crippen molar-refractivity contribution in [2.45, 2.75) is 45.1 Å². The van der Waals surface area contributed by atoms with E-state index in [9.17, 15) is 22.0 Å². The molecule has 1 amide bonds. The molecule has 3 aromatic rings. The van der Waals surface area contributed by atoms with Crippen LogP contribution in [0, 0.1) is 24.5 Å². The van der Waals surface area contributed by atoms with Gasteiger partial charge in [0.05, 0.1) is 17.0 Å². The van der Waals surface area contributed by atoms with Gasteiger partial charge < -0.3 is 5.32 Å². The zero-order valence-electron chi connectivity index (χ0n) is 18.4. The second-order valence-electron chi connectivity index (χ2n) is 8.64. The molecule has 176 valence electrons. The molecular formula is C22H25F2N5O3S. The van der Waals surface area contributed by atoms with Gasteiger partial charge in [-0.1, -0.05) is 0 Å². The molecule has 1 aliphatic carbocycles. The van der Waals surface area contributed by atoms with Crippen molar-refractivity contribution in [3.05, 3.63) is 47.4 Å². The summed E-state index contributed by atoms with van der Waals surface area (Å²) in [5.41, 5.74) is 0.691. The zero-order valence-corrected chi connectivity index (χ0v) is 19.2. The number of nitrogens with zero attached hydrogens (tertiary/aromatic N) is 4. The number of hydrogen-bond donors (Lipinski definition) is 1. The SMILES string of the molecule is Cc1nn(-c2ncc(C(=O)NC3CCC(CCS(C)(=O)=O)CC3)cn2)c2c(F)c(F)ccc12. The Balaban J connectivity index is 1.41. The first-order chi connectivity index (χ1) is 15.6. The summed E-state index contributed by atoms with van der Waals surface area (Å²) in [5, 5.41) is 7.63. The van der Waals surface area contributed by atoms with Crippen molar-refractivity contribution in [1.82, 2.24) is 25.1 Å². The van der Waals surface area contributed by atoms with Crippen molar-refractivity contribution >= 4 is 26.6 Å². The van der Waals surface area contributed by atoms with E-state index >= 15 is 0 Å². The number of aryl methyl sites for hydroxylation is 1. The second-order valence-corrected chi connectivity index (χ2v) is 10.9. The number of hydrogen-bond acceptors (Lipinski definition) is 6. The highest BCUT2D eigenvalue weighted by Gasteiger charge is 2.24. The van der Waals surface area contributed by atoms with Gasteiger partial charge in [0.15, 0.2) is 11.6 Å². The smallest absolute Gasteiger partial charge is 0.254 e. The van der Waals surface area contributed by atoms with Crippen LogP contribution >= 0.6 is 0 Å². The van der Waals surface area contributed by atoms with E-state index in [1.54, 1.807) is 6.92 Å². The predicted molar refractivity (Wildman–Crippen MR) is 119 cm³/mol. The number of rotatable bonds is 6. The van der Waals surface area contributed by atoms with E-state index in [0.29, 0.717) is 23.4 Å². The van der Waals surface area contributed by atoms with Gasteiger partial charge in [-0.25, -0.2) is 27.2 Å². The van der Waals surface area contributed by atoms with E-state index in [4.69, 9.17) is 0 Å². The normalized spacial score (nSPS) is 19.0. The average molecular weight is 478 g/mol. The fourth-order valence-corrected chi connectivity index (χ4v) is 4.99. The van der Waals surface area contributed by atoms with Crippen LogP contribution in [0.25, 0.3) is 16.9 Å². The van der Waals surface area contributed by atoms with Crippen molar-refractivity contribution in [3.63, 3.8) is 0 Å². The first-order valence-corrected chi connectivity index (χ1v) is 12.8. The van der Waals surface area contributed by atoms with Gasteiger partial charge in [0.1, 0.15) is 15.4 Å². The van der Waals surface area contributed by atoms with E-state index in [-0.39, 0.29) is 34.7 Å². The number of fused-ring (bicyclic) bond motifs is 1. The van der Waals surface area contributed by atoms with Crippen molar-refractivity contribution < 1.29 is 22.0 Å². The second kappa shape index (κ2) is 9.12. The van der Waals surface area contributed by atoms with Crippen LogP contribution in [0.15, 0.2) is 24.5 Å².